The average Bonchev–Trinajstić information content (AvgIpc) is 3.70. The van der Waals surface area contributed by atoms with Crippen molar-refractivity contribution in [2.24, 2.45) is 23.7 Å². The molecule has 10 aromatic carbocycles. The van der Waals surface area contributed by atoms with Crippen molar-refractivity contribution in [3.63, 3.8) is 0 Å². The van der Waals surface area contributed by atoms with Gasteiger partial charge >= 0.3 is 0 Å². The highest BCUT2D eigenvalue weighted by molar-refractivity contribution is 6.13. The molecule has 2 heteroatoms. The number of para-hydroxylation sites is 1. The maximum Gasteiger partial charge on any atom is 0.0547 e. The van der Waals surface area contributed by atoms with Crippen LogP contribution < -0.4 is 4.90 Å². The van der Waals surface area contributed by atoms with Gasteiger partial charge in [0, 0.05) is 33.5 Å². The quantitative estimate of drug-likeness (QED) is 0.148. The molecule has 3 aliphatic rings. The zero-order valence-corrected chi connectivity index (χ0v) is 38.4. The lowest BCUT2D eigenvalue weighted by Gasteiger charge is -2.70. The number of anilines is 3. The molecular weight excluding hydrogens is 821 g/mol. The summed E-state index contributed by atoms with van der Waals surface area (Å²) in [5.74, 6) is 3.72. The van der Waals surface area contributed by atoms with Crippen LogP contribution in [0.5, 0.6) is 0 Å². The predicted octanol–water partition coefficient (Wildman–Crippen LogP) is 17.9. The molecule has 68 heavy (non-hydrogen) atoms. The highest BCUT2D eigenvalue weighted by Gasteiger charge is 2.65. The molecule has 1 unspecified atom stereocenters. The van der Waals surface area contributed by atoms with Crippen LogP contribution in [0, 0.1) is 23.7 Å². The largest absolute Gasteiger partial charge is 0.311 e. The van der Waals surface area contributed by atoms with Crippen molar-refractivity contribution in [3.05, 3.63) is 230 Å². The Balaban J connectivity index is 0.811. The molecule has 0 radical (unpaired) electrons. The number of fused-ring (bicyclic) bond motifs is 5. The fourth-order valence-electron chi connectivity index (χ4n) is 13.6. The van der Waals surface area contributed by atoms with Crippen LogP contribution in [0.1, 0.15) is 38.2 Å². The number of hydrogen-bond donors (Lipinski definition) is 0. The molecule has 3 fully saturated rings. The van der Waals surface area contributed by atoms with E-state index in [0.29, 0.717) is 5.41 Å². The van der Waals surface area contributed by atoms with Gasteiger partial charge in [0.15, 0.2) is 0 Å². The van der Waals surface area contributed by atoms with E-state index in [-0.39, 0.29) is 0 Å². The summed E-state index contributed by atoms with van der Waals surface area (Å²) in [4.78, 5) is 2.40. The third-order valence-corrected chi connectivity index (χ3v) is 16.6. The molecule has 326 valence electrons. The first kappa shape index (κ1) is 39.5. The fourth-order valence-corrected chi connectivity index (χ4v) is 13.6. The van der Waals surface area contributed by atoms with E-state index < -0.39 is 0 Å². The molecule has 1 aromatic heterocycles. The molecule has 5 atom stereocenters. The summed E-state index contributed by atoms with van der Waals surface area (Å²) in [6.45, 7) is 2.49. The molecule has 1 heterocycles. The maximum absolute atomic E-state index is 2.49. The van der Waals surface area contributed by atoms with Gasteiger partial charge in [0.1, 0.15) is 0 Å². The predicted molar refractivity (Wildman–Crippen MR) is 287 cm³/mol. The lowest BCUT2D eigenvalue weighted by Crippen LogP contribution is -2.65. The van der Waals surface area contributed by atoms with Crippen molar-refractivity contribution in [1.29, 1.82) is 0 Å². The molecule has 0 aliphatic heterocycles. The van der Waals surface area contributed by atoms with E-state index in [0.717, 1.165) is 46.4 Å². The zero-order chi connectivity index (χ0) is 44.9. The van der Waals surface area contributed by atoms with Gasteiger partial charge in [-0.1, -0.05) is 165 Å². The summed E-state index contributed by atoms with van der Waals surface area (Å²) < 4.78 is 2.43. The van der Waals surface area contributed by atoms with E-state index >= 15 is 0 Å². The van der Waals surface area contributed by atoms with Crippen LogP contribution in [-0.2, 0) is 5.41 Å². The van der Waals surface area contributed by atoms with E-state index in [9.17, 15) is 0 Å². The fraction of sp³-hybridized carbons (Fsp3) is 0.152. The van der Waals surface area contributed by atoms with Crippen LogP contribution in [-0.4, -0.2) is 4.57 Å². The van der Waals surface area contributed by atoms with E-state index in [2.05, 4.69) is 241 Å². The van der Waals surface area contributed by atoms with Crippen molar-refractivity contribution in [3.8, 4) is 39.1 Å². The van der Waals surface area contributed by atoms with Crippen LogP contribution in [0.2, 0.25) is 0 Å². The van der Waals surface area contributed by atoms with E-state index in [4.69, 9.17) is 0 Å². The Kier molecular flexibility index (Phi) is 8.96. The molecule has 0 saturated heterocycles. The number of nitrogens with zero attached hydrogens (tertiary/aromatic N) is 2. The Morgan fingerprint density at radius 1 is 0.412 bits per heavy atom. The van der Waals surface area contributed by atoms with Crippen molar-refractivity contribution in [2.75, 3.05) is 4.90 Å². The first-order chi connectivity index (χ1) is 33.5. The lowest BCUT2D eigenvalue weighted by molar-refractivity contribution is -0.159. The molecule has 14 rings (SSSR count). The van der Waals surface area contributed by atoms with Gasteiger partial charge in [0.2, 0.25) is 0 Å². The molecule has 0 amide bonds. The normalized spacial score (nSPS) is 20.5. The Hall–Kier alpha value is -7.68. The number of benzene rings is 10. The second-order valence-corrected chi connectivity index (χ2v) is 20.4. The minimum Gasteiger partial charge on any atom is -0.311 e. The molecule has 2 nitrogen and oxygen atoms in total. The molecule has 11 aromatic rings. The van der Waals surface area contributed by atoms with Crippen LogP contribution in [0.3, 0.4) is 0 Å². The third-order valence-electron chi connectivity index (χ3n) is 16.6. The van der Waals surface area contributed by atoms with Gasteiger partial charge in [-0.05, 0) is 182 Å². The van der Waals surface area contributed by atoms with Crippen LogP contribution in [0.25, 0.3) is 82.4 Å². The van der Waals surface area contributed by atoms with Gasteiger partial charge in [0.25, 0.3) is 0 Å². The molecule has 0 spiro atoms. The Bertz CT molecular complexity index is 3710. The first-order valence-corrected chi connectivity index (χ1v) is 24.8. The molecule has 3 aliphatic carbocycles. The average molecular weight is 873 g/mol. The zero-order valence-electron chi connectivity index (χ0n) is 38.4. The summed E-state index contributed by atoms with van der Waals surface area (Å²) in [6.07, 6.45) is 5.69. The summed E-state index contributed by atoms with van der Waals surface area (Å²) in [7, 11) is 0. The Morgan fingerprint density at radius 2 is 0.985 bits per heavy atom. The number of rotatable bonds is 8. The van der Waals surface area contributed by atoms with Crippen molar-refractivity contribution >= 4 is 60.4 Å². The SMILES string of the molecule is C[C@H]1C[C@H]2C[C@H]3C[C@](c4ccc(-c5ccc(N(c6ccc(-c7cccc(-n8c9ccccc9c9cc%10ccccc%10cc98)c7)cc6)c6ccc(-c7cccc8ccccc78)cc6)cc5)cc4)(C1)C23. The second kappa shape index (κ2) is 15.4. The summed E-state index contributed by atoms with van der Waals surface area (Å²) in [5, 5.41) is 7.58. The third kappa shape index (κ3) is 6.23. The van der Waals surface area contributed by atoms with Crippen LogP contribution >= 0.6 is 0 Å². The van der Waals surface area contributed by atoms with Gasteiger partial charge in [-0.2, -0.15) is 0 Å². The summed E-state index contributed by atoms with van der Waals surface area (Å²) in [5.41, 5.74) is 16.3. The van der Waals surface area contributed by atoms with Gasteiger partial charge < -0.3 is 9.47 Å². The van der Waals surface area contributed by atoms with Crippen LogP contribution in [0.4, 0.5) is 17.1 Å². The minimum atomic E-state index is 0.428. The van der Waals surface area contributed by atoms with Gasteiger partial charge in [-0.3, -0.25) is 0 Å². The summed E-state index contributed by atoms with van der Waals surface area (Å²) >= 11 is 0. The Labute approximate surface area is 398 Å². The van der Waals surface area contributed by atoms with Crippen molar-refractivity contribution in [2.45, 2.75) is 38.0 Å². The number of hydrogen-bond acceptors (Lipinski definition) is 1. The van der Waals surface area contributed by atoms with E-state index in [1.54, 1.807) is 5.56 Å². The standard InChI is InChI=1S/C66H52N2/c1-43-36-52-37-53-42-66(41-43,65(52)53)54-28-20-44(21-29-54)45-22-30-55(31-23-45)67(57-34-26-48(27-35-57)60-18-9-13-47-10-4-5-16-59(47)60)56-32-24-46(25-33-56)49-14-8-15-58(38-49)68-63-19-7-6-17-61(63)62-39-50-11-2-3-12-51(50)40-64(62)68/h2-35,38-40,43,52-53,65H,36-37,41-42H2,1H3/t43-,52-,53-,65?,66-/m0/s1. The molecule has 0 N–H and O–H groups in total. The van der Waals surface area contributed by atoms with Crippen molar-refractivity contribution < 1.29 is 0 Å². The van der Waals surface area contributed by atoms with Crippen LogP contribution in [0.15, 0.2) is 224 Å². The molecule has 0 bridgehead atoms. The molecular formula is C66H52N2. The summed E-state index contributed by atoms with van der Waals surface area (Å²) in [6, 6.07) is 83.6. The molecule has 3 saturated carbocycles. The Morgan fingerprint density at radius 3 is 1.69 bits per heavy atom. The highest BCUT2D eigenvalue weighted by Crippen LogP contribution is 2.71. The highest BCUT2D eigenvalue weighted by atomic mass is 15.1. The van der Waals surface area contributed by atoms with Gasteiger partial charge in [-0.25, -0.2) is 0 Å². The second-order valence-electron chi connectivity index (χ2n) is 20.4. The van der Waals surface area contributed by atoms with Gasteiger partial charge in [0.05, 0.1) is 11.0 Å². The minimum absolute atomic E-state index is 0.428. The van der Waals surface area contributed by atoms with E-state index in [1.807, 2.05) is 0 Å². The van der Waals surface area contributed by atoms with E-state index in [1.165, 1.54) is 102 Å². The number of aromatic nitrogens is 1. The smallest absolute Gasteiger partial charge is 0.0547 e. The monoisotopic (exact) mass is 872 g/mol. The lowest BCUT2D eigenvalue weighted by atomic mass is 9.34. The van der Waals surface area contributed by atoms with Gasteiger partial charge in [-0.15, -0.1) is 0 Å². The first-order valence-electron chi connectivity index (χ1n) is 24.8. The maximum atomic E-state index is 2.49. The van der Waals surface area contributed by atoms with Crippen molar-refractivity contribution in [1.82, 2.24) is 4.57 Å². The topological polar surface area (TPSA) is 8.17 Å².